The molecule has 0 saturated carbocycles. The highest BCUT2D eigenvalue weighted by Crippen LogP contribution is 2.33. The van der Waals surface area contributed by atoms with E-state index in [1.54, 1.807) is 18.2 Å². The van der Waals surface area contributed by atoms with E-state index in [-0.39, 0.29) is 11.9 Å². The monoisotopic (exact) mass is 358 g/mol. The highest BCUT2D eigenvalue weighted by molar-refractivity contribution is 9.11. The molecule has 0 bridgehead atoms. The Hall–Kier alpha value is -0.840. The van der Waals surface area contributed by atoms with E-state index in [0.29, 0.717) is 21.2 Å². The van der Waals surface area contributed by atoms with Crippen LogP contribution in [0.25, 0.3) is 0 Å². The van der Waals surface area contributed by atoms with Gasteiger partial charge in [-0.25, -0.2) is 0 Å². The van der Waals surface area contributed by atoms with E-state index >= 15 is 0 Å². The van der Waals surface area contributed by atoms with Crippen LogP contribution in [0.1, 0.15) is 29.1 Å². The van der Waals surface area contributed by atoms with Gasteiger partial charge in [-0.1, -0.05) is 23.7 Å². The molecular formula is C14H12BrClO2S. The SMILES string of the molecule is CC(C)Oc1cccc(C(=O)c2cc(Cl)c(Br)s2)c1. The summed E-state index contributed by atoms with van der Waals surface area (Å²) in [6.45, 7) is 3.90. The van der Waals surface area contributed by atoms with E-state index in [4.69, 9.17) is 16.3 Å². The van der Waals surface area contributed by atoms with Gasteiger partial charge in [-0.15, -0.1) is 11.3 Å². The Morgan fingerprint density at radius 1 is 1.37 bits per heavy atom. The van der Waals surface area contributed by atoms with Crippen LogP contribution in [0.15, 0.2) is 34.1 Å². The third kappa shape index (κ3) is 3.59. The lowest BCUT2D eigenvalue weighted by Crippen LogP contribution is -2.06. The van der Waals surface area contributed by atoms with Gasteiger partial charge in [0.05, 0.1) is 19.8 Å². The predicted molar refractivity (Wildman–Crippen MR) is 82.7 cm³/mol. The van der Waals surface area contributed by atoms with Crippen LogP contribution in [-0.2, 0) is 0 Å². The second-order valence-corrected chi connectivity index (χ2v) is 7.03. The summed E-state index contributed by atoms with van der Waals surface area (Å²) in [5.41, 5.74) is 0.601. The highest BCUT2D eigenvalue weighted by atomic mass is 79.9. The fraction of sp³-hybridized carbons (Fsp3) is 0.214. The average molecular weight is 360 g/mol. The lowest BCUT2D eigenvalue weighted by molar-refractivity contribution is 0.104. The van der Waals surface area contributed by atoms with Crippen molar-refractivity contribution in [2.75, 3.05) is 0 Å². The molecule has 5 heteroatoms. The first kappa shape index (κ1) is 14.6. The maximum Gasteiger partial charge on any atom is 0.203 e. The van der Waals surface area contributed by atoms with Crippen LogP contribution < -0.4 is 4.74 Å². The molecule has 0 radical (unpaired) electrons. The van der Waals surface area contributed by atoms with Crippen LogP contribution in [-0.4, -0.2) is 11.9 Å². The van der Waals surface area contributed by atoms with E-state index in [2.05, 4.69) is 15.9 Å². The summed E-state index contributed by atoms with van der Waals surface area (Å²) in [6, 6.07) is 8.86. The minimum absolute atomic E-state index is 0.0493. The molecule has 1 aromatic carbocycles. The molecule has 0 spiro atoms. The van der Waals surface area contributed by atoms with Crippen LogP contribution in [0.4, 0.5) is 0 Å². The molecule has 0 aliphatic heterocycles. The fourth-order valence-corrected chi connectivity index (χ4v) is 3.25. The molecule has 0 saturated heterocycles. The predicted octanol–water partition coefficient (Wildman–Crippen LogP) is 5.18. The average Bonchev–Trinajstić information content (AvgIpc) is 2.68. The molecule has 0 aliphatic carbocycles. The summed E-state index contributed by atoms with van der Waals surface area (Å²) in [6.07, 6.45) is 0.0793. The Kier molecular flexibility index (Phi) is 4.66. The Balaban J connectivity index is 2.28. The summed E-state index contributed by atoms with van der Waals surface area (Å²) in [5, 5.41) is 0.558. The van der Waals surface area contributed by atoms with Crippen LogP contribution in [0.3, 0.4) is 0 Å². The topological polar surface area (TPSA) is 26.3 Å². The number of ether oxygens (including phenoxy) is 1. The van der Waals surface area contributed by atoms with Crippen LogP contribution in [0.5, 0.6) is 5.75 Å². The van der Waals surface area contributed by atoms with Crippen molar-refractivity contribution < 1.29 is 9.53 Å². The lowest BCUT2D eigenvalue weighted by Gasteiger charge is -2.10. The van der Waals surface area contributed by atoms with Gasteiger partial charge in [-0.05, 0) is 48.0 Å². The van der Waals surface area contributed by atoms with Gasteiger partial charge in [0, 0.05) is 5.56 Å². The van der Waals surface area contributed by atoms with Crippen molar-refractivity contribution in [2.45, 2.75) is 20.0 Å². The molecule has 0 aliphatic rings. The summed E-state index contributed by atoms with van der Waals surface area (Å²) in [5.74, 6) is 0.648. The minimum atomic E-state index is -0.0493. The highest BCUT2D eigenvalue weighted by Gasteiger charge is 2.15. The van der Waals surface area contributed by atoms with E-state index in [1.807, 2.05) is 26.0 Å². The molecule has 0 unspecified atom stereocenters. The van der Waals surface area contributed by atoms with Gasteiger partial charge in [0.2, 0.25) is 5.78 Å². The molecule has 19 heavy (non-hydrogen) atoms. The quantitative estimate of drug-likeness (QED) is 0.703. The van der Waals surface area contributed by atoms with Gasteiger partial charge < -0.3 is 4.74 Å². The van der Waals surface area contributed by atoms with Crippen molar-refractivity contribution in [3.05, 3.63) is 49.6 Å². The number of hydrogen-bond acceptors (Lipinski definition) is 3. The van der Waals surface area contributed by atoms with Gasteiger partial charge in [0.15, 0.2) is 0 Å². The molecular weight excluding hydrogens is 348 g/mol. The zero-order valence-corrected chi connectivity index (χ0v) is 13.6. The van der Waals surface area contributed by atoms with Crippen LogP contribution in [0, 0.1) is 0 Å². The third-order valence-corrected chi connectivity index (χ3v) is 4.81. The number of rotatable bonds is 4. The van der Waals surface area contributed by atoms with E-state index in [1.165, 1.54) is 11.3 Å². The van der Waals surface area contributed by atoms with Gasteiger partial charge >= 0.3 is 0 Å². The Bertz CT molecular complexity index is 588. The second kappa shape index (κ2) is 6.07. The fourth-order valence-electron chi connectivity index (χ4n) is 1.58. The molecule has 0 atom stereocenters. The Labute approximate surface area is 129 Å². The minimum Gasteiger partial charge on any atom is -0.491 e. The molecule has 1 aromatic heterocycles. The number of ketones is 1. The zero-order chi connectivity index (χ0) is 14.0. The number of thiophene rings is 1. The maximum absolute atomic E-state index is 12.3. The Morgan fingerprint density at radius 2 is 2.11 bits per heavy atom. The molecule has 0 fully saturated rings. The van der Waals surface area contributed by atoms with Crippen molar-refractivity contribution in [3.8, 4) is 5.75 Å². The first-order chi connectivity index (χ1) is 8.97. The first-order valence-corrected chi connectivity index (χ1v) is 7.72. The largest absolute Gasteiger partial charge is 0.491 e. The van der Waals surface area contributed by atoms with Gasteiger partial charge in [0.25, 0.3) is 0 Å². The number of hydrogen-bond donors (Lipinski definition) is 0. The first-order valence-electron chi connectivity index (χ1n) is 5.73. The van der Waals surface area contributed by atoms with Crippen molar-refractivity contribution >= 4 is 44.7 Å². The molecule has 2 rings (SSSR count). The van der Waals surface area contributed by atoms with E-state index in [9.17, 15) is 4.79 Å². The van der Waals surface area contributed by atoms with Crippen LogP contribution >= 0.6 is 38.9 Å². The zero-order valence-electron chi connectivity index (χ0n) is 10.4. The molecule has 0 amide bonds. The van der Waals surface area contributed by atoms with Gasteiger partial charge in [-0.2, -0.15) is 0 Å². The van der Waals surface area contributed by atoms with Crippen molar-refractivity contribution in [1.29, 1.82) is 0 Å². The Morgan fingerprint density at radius 3 is 2.68 bits per heavy atom. The number of carbonyl (C=O) groups excluding carboxylic acids is 1. The van der Waals surface area contributed by atoms with Gasteiger partial charge in [0.1, 0.15) is 5.75 Å². The third-order valence-electron chi connectivity index (χ3n) is 2.34. The normalized spacial score (nSPS) is 10.8. The molecule has 1 heterocycles. The molecule has 0 N–H and O–H groups in total. The van der Waals surface area contributed by atoms with E-state index < -0.39 is 0 Å². The number of halogens is 2. The molecule has 2 aromatic rings. The van der Waals surface area contributed by atoms with Crippen molar-refractivity contribution in [3.63, 3.8) is 0 Å². The number of carbonyl (C=O) groups is 1. The van der Waals surface area contributed by atoms with Crippen LogP contribution in [0.2, 0.25) is 5.02 Å². The maximum atomic E-state index is 12.3. The summed E-state index contributed by atoms with van der Waals surface area (Å²) in [4.78, 5) is 12.9. The standard InChI is InChI=1S/C14H12BrClO2S/c1-8(2)18-10-5-3-4-9(6-10)13(17)12-7-11(16)14(15)19-12/h3-8H,1-2H3. The summed E-state index contributed by atoms with van der Waals surface area (Å²) < 4.78 is 6.36. The molecule has 100 valence electrons. The number of benzene rings is 1. The van der Waals surface area contributed by atoms with E-state index in [0.717, 1.165) is 3.79 Å². The summed E-state index contributed by atoms with van der Waals surface area (Å²) in [7, 11) is 0. The smallest absolute Gasteiger partial charge is 0.203 e. The lowest BCUT2D eigenvalue weighted by atomic mass is 10.1. The second-order valence-electron chi connectivity index (χ2n) is 4.26. The summed E-state index contributed by atoms with van der Waals surface area (Å²) >= 11 is 10.6. The molecule has 2 nitrogen and oxygen atoms in total. The van der Waals surface area contributed by atoms with Crippen molar-refractivity contribution in [1.82, 2.24) is 0 Å². The van der Waals surface area contributed by atoms with Gasteiger partial charge in [-0.3, -0.25) is 4.79 Å². The van der Waals surface area contributed by atoms with Crippen molar-refractivity contribution in [2.24, 2.45) is 0 Å².